The van der Waals surface area contributed by atoms with Gasteiger partial charge in [-0.15, -0.1) is 0 Å². The lowest BCUT2D eigenvalue weighted by molar-refractivity contribution is -0.169. The topological polar surface area (TPSA) is 72.8 Å². The number of hydrogen-bond acceptors (Lipinski definition) is 5. The van der Waals surface area contributed by atoms with E-state index in [1.54, 1.807) is 37.3 Å². The third-order valence-electron chi connectivity index (χ3n) is 2.15. The molecular weight excluding hydrogens is 224 g/mol. The van der Waals surface area contributed by atoms with Gasteiger partial charge in [0.15, 0.2) is 0 Å². The van der Waals surface area contributed by atoms with E-state index in [2.05, 4.69) is 4.74 Å². The zero-order chi connectivity index (χ0) is 12.7. The maximum atomic E-state index is 11.5. The highest BCUT2D eigenvalue weighted by molar-refractivity contribution is 5.77. The smallest absolute Gasteiger partial charge is 0.350 e. The second-order valence-corrected chi connectivity index (χ2v) is 3.26. The zero-order valence-corrected chi connectivity index (χ0v) is 9.41. The van der Waals surface area contributed by atoms with Gasteiger partial charge in [-0.05, 0) is 12.5 Å². The van der Waals surface area contributed by atoms with Crippen molar-refractivity contribution in [2.24, 2.45) is 0 Å². The molecule has 0 aliphatic heterocycles. The third kappa shape index (κ3) is 3.57. The first-order chi connectivity index (χ1) is 8.20. The molecule has 2 atom stereocenters. The molecule has 17 heavy (non-hydrogen) atoms. The van der Waals surface area contributed by atoms with Crippen LogP contribution in [0.25, 0.3) is 0 Å². The monoisotopic (exact) mass is 238 g/mol. The molecule has 0 amide bonds. The Hall–Kier alpha value is -1.88. The van der Waals surface area contributed by atoms with Crippen LogP contribution in [0.5, 0.6) is 0 Å². The number of aliphatic hydroxyl groups excluding tert-OH is 1. The van der Waals surface area contributed by atoms with Crippen LogP contribution in [0.2, 0.25) is 0 Å². The van der Waals surface area contributed by atoms with Crippen LogP contribution in [0.3, 0.4) is 0 Å². The summed E-state index contributed by atoms with van der Waals surface area (Å²) in [6.07, 6.45) is -2.57. The average Bonchev–Trinajstić information content (AvgIpc) is 2.36. The number of esters is 1. The van der Waals surface area contributed by atoms with Gasteiger partial charge in [-0.2, -0.15) is 0 Å². The van der Waals surface area contributed by atoms with E-state index in [9.17, 15) is 14.7 Å². The molecule has 0 bridgehead atoms. The molecule has 5 nitrogen and oxygen atoms in total. The number of carbonyl (C=O) groups excluding carboxylic acids is 2. The van der Waals surface area contributed by atoms with Crippen molar-refractivity contribution in [2.75, 3.05) is 6.61 Å². The van der Waals surface area contributed by atoms with Crippen molar-refractivity contribution in [2.45, 2.75) is 19.1 Å². The molecule has 5 heteroatoms. The molecule has 0 spiro atoms. The fourth-order valence-electron chi connectivity index (χ4n) is 1.37. The molecule has 0 saturated heterocycles. The normalized spacial score (nSPS) is 13.5. The molecule has 0 unspecified atom stereocenters. The van der Waals surface area contributed by atoms with Gasteiger partial charge in [-0.25, -0.2) is 4.79 Å². The van der Waals surface area contributed by atoms with Crippen molar-refractivity contribution in [1.29, 1.82) is 0 Å². The lowest BCUT2D eigenvalue weighted by Crippen LogP contribution is -2.32. The molecule has 0 aliphatic carbocycles. The molecule has 1 aromatic rings. The van der Waals surface area contributed by atoms with Crippen LogP contribution < -0.4 is 0 Å². The van der Waals surface area contributed by atoms with Crippen molar-refractivity contribution in [3.05, 3.63) is 35.9 Å². The molecule has 0 aliphatic rings. The maximum absolute atomic E-state index is 11.5. The van der Waals surface area contributed by atoms with E-state index in [4.69, 9.17) is 4.74 Å². The summed E-state index contributed by atoms with van der Waals surface area (Å²) in [6, 6.07) is 8.45. The summed E-state index contributed by atoms with van der Waals surface area (Å²) in [5.41, 5.74) is 0.479. The van der Waals surface area contributed by atoms with Gasteiger partial charge < -0.3 is 14.6 Å². The minimum Gasteiger partial charge on any atom is -0.463 e. The molecule has 1 N–H and O–H groups in total. The van der Waals surface area contributed by atoms with Crippen LogP contribution in [0, 0.1) is 0 Å². The molecule has 1 aromatic carbocycles. The first-order valence-electron chi connectivity index (χ1n) is 5.19. The van der Waals surface area contributed by atoms with E-state index >= 15 is 0 Å². The Morgan fingerprint density at radius 2 is 2.06 bits per heavy atom. The van der Waals surface area contributed by atoms with Crippen molar-refractivity contribution in [3.8, 4) is 0 Å². The molecular formula is C12H14O5. The first-order valence-corrected chi connectivity index (χ1v) is 5.19. The summed E-state index contributed by atoms with van der Waals surface area (Å²) in [5, 5.41) is 9.92. The van der Waals surface area contributed by atoms with Crippen molar-refractivity contribution >= 4 is 12.4 Å². The van der Waals surface area contributed by atoms with E-state index in [-0.39, 0.29) is 13.1 Å². The number of hydrogen-bond donors (Lipinski definition) is 1. The number of aliphatic hydroxyl groups is 1. The quantitative estimate of drug-likeness (QED) is 0.587. The minimum atomic E-state index is -1.34. The van der Waals surface area contributed by atoms with Gasteiger partial charge >= 0.3 is 5.97 Å². The van der Waals surface area contributed by atoms with Crippen LogP contribution in [0.15, 0.2) is 30.3 Å². The highest BCUT2D eigenvalue weighted by Crippen LogP contribution is 2.19. The van der Waals surface area contributed by atoms with Gasteiger partial charge in [0, 0.05) is 0 Å². The first kappa shape index (κ1) is 13.2. The summed E-state index contributed by atoms with van der Waals surface area (Å²) in [5.74, 6) is -0.768. The van der Waals surface area contributed by atoms with Crippen molar-refractivity contribution in [3.63, 3.8) is 0 Å². The predicted octanol–water partition coefficient (Wildman–Crippen LogP) is 0.825. The van der Waals surface area contributed by atoms with Crippen LogP contribution >= 0.6 is 0 Å². The van der Waals surface area contributed by atoms with Gasteiger partial charge in [0.1, 0.15) is 6.10 Å². The molecule has 0 fully saturated rings. The zero-order valence-electron chi connectivity index (χ0n) is 9.41. The highest BCUT2D eigenvalue weighted by Gasteiger charge is 2.30. The Balaban J connectivity index is 2.83. The van der Waals surface area contributed by atoms with E-state index in [0.717, 1.165) is 0 Å². The largest absolute Gasteiger partial charge is 0.463 e. The Kier molecular flexibility index (Phi) is 5.16. The van der Waals surface area contributed by atoms with Crippen molar-refractivity contribution < 1.29 is 24.2 Å². The van der Waals surface area contributed by atoms with Crippen LogP contribution in [-0.4, -0.2) is 30.3 Å². The minimum absolute atomic E-state index is 0.119. The van der Waals surface area contributed by atoms with E-state index in [1.807, 2.05) is 0 Å². The number of benzene rings is 1. The third-order valence-corrected chi connectivity index (χ3v) is 2.15. The Morgan fingerprint density at radius 3 is 2.59 bits per heavy atom. The van der Waals surface area contributed by atoms with Gasteiger partial charge in [0.2, 0.25) is 6.10 Å². The summed E-state index contributed by atoms with van der Waals surface area (Å²) in [6.45, 7) is 1.90. The van der Waals surface area contributed by atoms with E-state index in [0.29, 0.717) is 5.56 Å². The fourth-order valence-corrected chi connectivity index (χ4v) is 1.37. The molecule has 0 radical (unpaired) electrons. The van der Waals surface area contributed by atoms with Crippen LogP contribution in [0.4, 0.5) is 0 Å². The number of carbonyl (C=O) groups is 2. The van der Waals surface area contributed by atoms with Gasteiger partial charge in [-0.3, -0.25) is 4.79 Å². The Bertz CT molecular complexity index is 362. The van der Waals surface area contributed by atoms with Crippen molar-refractivity contribution in [1.82, 2.24) is 0 Å². The summed E-state index contributed by atoms with van der Waals surface area (Å²) in [7, 11) is 0. The van der Waals surface area contributed by atoms with Gasteiger partial charge in [0.25, 0.3) is 6.47 Å². The Morgan fingerprint density at radius 1 is 1.41 bits per heavy atom. The fraction of sp³-hybridized carbons (Fsp3) is 0.333. The number of ether oxygens (including phenoxy) is 2. The summed E-state index contributed by atoms with van der Waals surface area (Å²) < 4.78 is 9.28. The van der Waals surface area contributed by atoms with Gasteiger partial charge in [0.05, 0.1) is 6.61 Å². The van der Waals surface area contributed by atoms with Gasteiger partial charge in [-0.1, -0.05) is 30.3 Å². The molecule has 0 saturated carbocycles. The standard InChI is InChI=1S/C12H14O5/c1-2-16-12(15)11(17-8-13)10(14)9-6-4-3-5-7-9/h3-8,10-11,14H,2H2,1H3/t10-,11+/m0/s1. The SMILES string of the molecule is CCOC(=O)[C@H](OC=O)[C@@H](O)c1ccccc1. The molecule has 92 valence electrons. The maximum Gasteiger partial charge on any atom is 0.350 e. The van der Waals surface area contributed by atoms with Crippen LogP contribution in [0.1, 0.15) is 18.6 Å². The second-order valence-electron chi connectivity index (χ2n) is 3.26. The van der Waals surface area contributed by atoms with Crippen LogP contribution in [-0.2, 0) is 19.1 Å². The second kappa shape index (κ2) is 6.65. The van der Waals surface area contributed by atoms with E-state index < -0.39 is 18.2 Å². The highest BCUT2D eigenvalue weighted by atomic mass is 16.6. The molecule has 0 heterocycles. The van der Waals surface area contributed by atoms with E-state index in [1.165, 1.54) is 0 Å². The molecule has 0 aromatic heterocycles. The lowest BCUT2D eigenvalue weighted by atomic mass is 10.0. The lowest BCUT2D eigenvalue weighted by Gasteiger charge is -2.19. The summed E-state index contributed by atoms with van der Waals surface area (Å²) >= 11 is 0. The molecule has 1 rings (SSSR count). The Labute approximate surface area is 99.0 Å². The average molecular weight is 238 g/mol. The predicted molar refractivity (Wildman–Crippen MR) is 59.0 cm³/mol. The number of rotatable bonds is 6. The summed E-state index contributed by atoms with van der Waals surface area (Å²) in [4.78, 5) is 21.8.